The largest absolute Gasteiger partial charge is 0.369 e. The first-order valence-corrected chi connectivity index (χ1v) is 7.44. The minimum atomic E-state index is 0.514. The number of imidazole rings is 1. The zero-order chi connectivity index (χ0) is 15.0. The molecular weight excluding hydrogens is 262 g/mol. The van der Waals surface area contributed by atoms with E-state index in [1.807, 2.05) is 16.3 Å². The first kappa shape index (κ1) is 13.7. The van der Waals surface area contributed by atoms with Gasteiger partial charge in [0.1, 0.15) is 5.52 Å². The number of hydrogen-bond donors (Lipinski definition) is 1. The van der Waals surface area contributed by atoms with Crippen LogP contribution in [-0.4, -0.2) is 19.3 Å². The SMILES string of the molecule is CCCc1nn(C)c2c1nc(N)n2-c1ccc(CC)cc1. The van der Waals surface area contributed by atoms with E-state index in [0.717, 1.165) is 41.8 Å². The van der Waals surface area contributed by atoms with Gasteiger partial charge in [0.25, 0.3) is 0 Å². The third-order valence-corrected chi connectivity index (χ3v) is 3.82. The standard InChI is InChI=1S/C16H21N5/c1-4-6-13-14-15(20(3)19-13)21(16(17)18-14)12-9-7-11(5-2)8-10-12/h7-10H,4-6H2,1-3H3,(H2,17,18). The van der Waals surface area contributed by atoms with Gasteiger partial charge < -0.3 is 5.73 Å². The summed E-state index contributed by atoms with van der Waals surface area (Å²) in [5.41, 5.74) is 11.4. The van der Waals surface area contributed by atoms with E-state index in [2.05, 4.69) is 48.2 Å². The van der Waals surface area contributed by atoms with E-state index < -0.39 is 0 Å². The van der Waals surface area contributed by atoms with Gasteiger partial charge in [0.05, 0.1) is 11.4 Å². The van der Waals surface area contributed by atoms with Crippen molar-refractivity contribution in [1.29, 1.82) is 0 Å². The van der Waals surface area contributed by atoms with Gasteiger partial charge in [0, 0.05) is 7.05 Å². The fraction of sp³-hybridized carbons (Fsp3) is 0.375. The number of nitrogens with two attached hydrogens (primary N) is 1. The van der Waals surface area contributed by atoms with Crippen LogP contribution in [0.5, 0.6) is 0 Å². The van der Waals surface area contributed by atoms with E-state index in [1.165, 1.54) is 5.56 Å². The topological polar surface area (TPSA) is 61.7 Å². The molecule has 2 N–H and O–H groups in total. The van der Waals surface area contributed by atoms with E-state index in [1.54, 1.807) is 0 Å². The van der Waals surface area contributed by atoms with E-state index in [4.69, 9.17) is 5.73 Å². The summed E-state index contributed by atoms with van der Waals surface area (Å²) >= 11 is 0. The molecule has 3 aromatic rings. The smallest absolute Gasteiger partial charge is 0.207 e. The second-order valence-electron chi connectivity index (χ2n) is 5.32. The van der Waals surface area contributed by atoms with Crippen LogP contribution in [0.2, 0.25) is 0 Å². The highest BCUT2D eigenvalue weighted by Gasteiger charge is 2.18. The Morgan fingerprint density at radius 2 is 1.86 bits per heavy atom. The molecule has 2 aromatic heterocycles. The van der Waals surface area contributed by atoms with Gasteiger partial charge in [-0.3, -0.25) is 4.57 Å². The van der Waals surface area contributed by atoms with Gasteiger partial charge in [-0.1, -0.05) is 32.4 Å². The van der Waals surface area contributed by atoms with E-state index in [0.29, 0.717) is 5.95 Å². The van der Waals surface area contributed by atoms with Crippen LogP contribution in [-0.2, 0) is 19.9 Å². The molecular formula is C16H21N5. The molecule has 0 radical (unpaired) electrons. The number of benzene rings is 1. The molecule has 0 aliphatic heterocycles. The molecule has 0 aliphatic rings. The van der Waals surface area contributed by atoms with Crippen molar-refractivity contribution in [2.45, 2.75) is 33.1 Å². The van der Waals surface area contributed by atoms with Crippen molar-refractivity contribution in [3.8, 4) is 5.69 Å². The Morgan fingerprint density at radius 1 is 1.14 bits per heavy atom. The summed E-state index contributed by atoms with van der Waals surface area (Å²) in [5.74, 6) is 0.514. The minimum absolute atomic E-state index is 0.514. The van der Waals surface area contributed by atoms with Crippen LogP contribution in [0.15, 0.2) is 24.3 Å². The van der Waals surface area contributed by atoms with Gasteiger partial charge in [-0.2, -0.15) is 5.10 Å². The van der Waals surface area contributed by atoms with Gasteiger partial charge >= 0.3 is 0 Å². The number of hydrogen-bond acceptors (Lipinski definition) is 3. The summed E-state index contributed by atoms with van der Waals surface area (Å²) in [6.45, 7) is 4.29. The highest BCUT2D eigenvalue weighted by molar-refractivity contribution is 5.80. The Morgan fingerprint density at radius 3 is 2.48 bits per heavy atom. The molecule has 5 heteroatoms. The number of rotatable bonds is 4. The average Bonchev–Trinajstić information content (AvgIpc) is 2.97. The van der Waals surface area contributed by atoms with Crippen LogP contribution >= 0.6 is 0 Å². The number of aryl methyl sites for hydroxylation is 3. The van der Waals surface area contributed by atoms with Crippen LogP contribution in [0.4, 0.5) is 5.95 Å². The maximum absolute atomic E-state index is 6.15. The number of nitrogens with zero attached hydrogens (tertiary/aromatic N) is 4. The molecule has 3 rings (SSSR count). The van der Waals surface area contributed by atoms with Gasteiger partial charge in [0.15, 0.2) is 5.65 Å². The maximum atomic E-state index is 6.15. The number of fused-ring (bicyclic) bond motifs is 1. The number of anilines is 1. The molecule has 0 amide bonds. The van der Waals surface area contributed by atoms with Crippen molar-refractivity contribution < 1.29 is 0 Å². The predicted molar refractivity (Wildman–Crippen MR) is 85.6 cm³/mol. The monoisotopic (exact) mass is 283 g/mol. The molecule has 0 fully saturated rings. The van der Waals surface area contributed by atoms with Crippen molar-refractivity contribution in [1.82, 2.24) is 19.3 Å². The fourth-order valence-corrected chi connectivity index (χ4v) is 2.74. The molecule has 2 heterocycles. The first-order valence-electron chi connectivity index (χ1n) is 7.44. The summed E-state index contributed by atoms with van der Waals surface area (Å²) in [6, 6.07) is 8.43. The molecule has 110 valence electrons. The lowest BCUT2D eigenvalue weighted by molar-refractivity contribution is 0.737. The summed E-state index contributed by atoms with van der Waals surface area (Å²) in [7, 11) is 1.94. The summed E-state index contributed by atoms with van der Waals surface area (Å²) in [5, 5.41) is 4.58. The van der Waals surface area contributed by atoms with Crippen molar-refractivity contribution in [3.05, 3.63) is 35.5 Å². The van der Waals surface area contributed by atoms with Crippen LogP contribution in [0, 0.1) is 0 Å². The molecule has 0 saturated heterocycles. The molecule has 0 spiro atoms. The Labute approximate surface area is 124 Å². The highest BCUT2D eigenvalue weighted by Crippen LogP contribution is 2.25. The molecule has 0 unspecified atom stereocenters. The average molecular weight is 283 g/mol. The van der Waals surface area contributed by atoms with Gasteiger partial charge in [-0.05, 0) is 30.5 Å². The summed E-state index contributed by atoms with van der Waals surface area (Å²) in [4.78, 5) is 4.53. The lowest BCUT2D eigenvalue weighted by Crippen LogP contribution is -2.05. The molecule has 1 aromatic carbocycles. The molecule has 0 atom stereocenters. The first-order chi connectivity index (χ1) is 10.2. The lowest BCUT2D eigenvalue weighted by Gasteiger charge is -2.07. The number of aromatic nitrogens is 4. The fourth-order valence-electron chi connectivity index (χ4n) is 2.74. The predicted octanol–water partition coefficient (Wildman–Crippen LogP) is 2.86. The third kappa shape index (κ3) is 2.18. The van der Waals surface area contributed by atoms with E-state index in [9.17, 15) is 0 Å². The van der Waals surface area contributed by atoms with E-state index >= 15 is 0 Å². The van der Waals surface area contributed by atoms with Crippen LogP contribution in [0.3, 0.4) is 0 Å². The van der Waals surface area contributed by atoms with Gasteiger partial charge in [-0.15, -0.1) is 0 Å². The summed E-state index contributed by atoms with van der Waals surface area (Å²) in [6.07, 6.45) is 2.99. The molecule has 0 saturated carbocycles. The Bertz CT molecular complexity index is 764. The van der Waals surface area contributed by atoms with Crippen LogP contribution in [0.1, 0.15) is 31.5 Å². The number of nitrogen functional groups attached to an aromatic ring is 1. The van der Waals surface area contributed by atoms with Crippen molar-refractivity contribution in [2.75, 3.05) is 5.73 Å². The van der Waals surface area contributed by atoms with Gasteiger partial charge in [0.2, 0.25) is 5.95 Å². The normalized spacial score (nSPS) is 11.4. The summed E-state index contributed by atoms with van der Waals surface area (Å²) < 4.78 is 3.85. The van der Waals surface area contributed by atoms with Crippen molar-refractivity contribution in [2.24, 2.45) is 7.05 Å². The molecule has 21 heavy (non-hydrogen) atoms. The Kier molecular flexibility index (Phi) is 3.41. The molecule has 0 bridgehead atoms. The van der Waals surface area contributed by atoms with E-state index in [-0.39, 0.29) is 0 Å². The van der Waals surface area contributed by atoms with Crippen LogP contribution in [0.25, 0.3) is 16.9 Å². The minimum Gasteiger partial charge on any atom is -0.369 e. The third-order valence-electron chi connectivity index (χ3n) is 3.82. The zero-order valence-electron chi connectivity index (χ0n) is 12.8. The quantitative estimate of drug-likeness (QED) is 0.801. The Hall–Kier alpha value is -2.30. The second-order valence-corrected chi connectivity index (χ2v) is 5.32. The zero-order valence-corrected chi connectivity index (χ0v) is 12.8. The molecule has 0 aliphatic carbocycles. The molecule has 5 nitrogen and oxygen atoms in total. The maximum Gasteiger partial charge on any atom is 0.207 e. The van der Waals surface area contributed by atoms with Crippen LogP contribution < -0.4 is 5.73 Å². The lowest BCUT2D eigenvalue weighted by atomic mass is 10.1. The van der Waals surface area contributed by atoms with Crippen molar-refractivity contribution >= 4 is 17.1 Å². The van der Waals surface area contributed by atoms with Crippen molar-refractivity contribution in [3.63, 3.8) is 0 Å². The van der Waals surface area contributed by atoms with Gasteiger partial charge in [-0.25, -0.2) is 9.67 Å². The second kappa shape index (κ2) is 5.24. The Balaban J connectivity index is 2.19. The highest BCUT2D eigenvalue weighted by atomic mass is 15.3.